The predicted molar refractivity (Wildman–Crippen MR) is 121 cm³/mol. The highest BCUT2D eigenvalue weighted by Gasteiger charge is 2.54. The van der Waals surface area contributed by atoms with Crippen LogP contribution >= 0.6 is 0 Å². The van der Waals surface area contributed by atoms with Gasteiger partial charge in [0, 0.05) is 37.9 Å². The molecule has 7 heteroatoms. The Morgan fingerprint density at radius 2 is 2.12 bits per heavy atom. The molecule has 0 radical (unpaired) electrons. The fraction of sp³-hybridized carbons (Fsp3) is 0.640. The topological polar surface area (TPSA) is 78.7 Å². The lowest BCUT2D eigenvalue weighted by Crippen LogP contribution is -2.54. The minimum absolute atomic E-state index is 0.0620. The molecule has 3 aliphatic carbocycles. The number of carbonyl (C=O) groups is 2. The van der Waals surface area contributed by atoms with Gasteiger partial charge in [0.1, 0.15) is 11.3 Å². The van der Waals surface area contributed by atoms with E-state index < -0.39 is 0 Å². The first-order valence-electron chi connectivity index (χ1n) is 12.2. The Kier molecular flexibility index (Phi) is 4.61. The van der Waals surface area contributed by atoms with Crippen molar-refractivity contribution in [1.82, 2.24) is 24.9 Å². The van der Waals surface area contributed by atoms with E-state index in [0.717, 1.165) is 43.6 Å². The third kappa shape index (κ3) is 3.16. The molecule has 0 spiro atoms. The molecular weight excluding hydrogens is 402 g/mol. The number of imidazole rings is 1. The SMILES string of the molecule is CC1(C)[C@@H]2CC[C@@H](CNC(=O)c3cccc4nc(CC(=O)N5C[C@H]6C[C@@H]5CN6)cn34)[C@H]1C2. The minimum Gasteiger partial charge on any atom is -0.350 e. The molecular formula is C25H33N5O2. The van der Waals surface area contributed by atoms with Crippen molar-refractivity contribution in [2.24, 2.45) is 23.2 Å². The zero-order chi connectivity index (χ0) is 22.0. The van der Waals surface area contributed by atoms with Gasteiger partial charge in [0.25, 0.3) is 5.91 Å². The number of carbonyl (C=O) groups excluding carboxylic acids is 2. The van der Waals surface area contributed by atoms with Gasteiger partial charge in [-0.25, -0.2) is 4.98 Å². The molecule has 4 heterocycles. The maximum atomic E-state index is 13.1. The van der Waals surface area contributed by atoms with Crippen molar-refractivity contribution in [3.8, 4) is 0 Å². The summed E-state index contributed by atoms with van der Waals surface area (Å²) in [5.41, 5.74) is 2.44. The van der Waals surface area contributed by atoms with Crippen molar-refractivity contribution in [1.29, 1.82) is 0 Å². The van der Waals surface area contributed by atoms with Crippen molar-refractivity contribution in [3.63, 3.8) is 0 Å². The van der Waals surface area contributed by atoms with E-state index in [9.17, 15) is 9.59 Å². The number of pyridine rings is 1. The van der Waals surface area contributed by atoms with Crippen LogP contribution in [-0.2, 0) is 11.2 Å². The van der Waals surface area contributed by atoms with Gasteiger partial charge in [-0.2, -0.15) is 0 Å². The van der Waals surface area contributed by atoms with Crippen LogP contribution in [0.1, 0.15) is 55.7 Å². The summed E-state index contributed by atoms with van der Waals surface area (Å²) in [7, 11) is 0. The molecule has 170 valence electrons. The maximum absolute atomic E-state index is 13.1. The number of likely N-dealkylation sites (tertiary alicyclic amines) is 1. The number of hydrogen-bond donors (Lipinski definition) is 2. The van der Waals surface area contributed by atoms with E-state index in [0.29, 0.717) is 34.8 Å². The number of aromatic nitrogens is 2. The Morgan fingerprint density at radius 1 is 1.25 bits per heavy atom. The Labute approximate surface area is 188 Å². The van der Waals surface area contributed by atoms with Crippen LogP contribution in [0.5, 0.6) is 0 Å². The van der Waals surface area contributed by atoms with Crippen molar-refractivity contribution in [3.05, 3.63) is 35.8 Å². The van der Waals surface area contributed by atoms with Crippen molar-refractivity contribution >= 4 is 17.5 Å². The number of piperazine rings is 1. The van der Waals surface area contributed by atoms with E-state index in [4.69, 9.17) is 0 Å². The Morgan fingerprint density at radius 3 is 2.84 bits per heavy atom. The molecule has 4 bridgehead atoms. The van der Waals surface area contributed by atoms with E-state index in [2.05, 4.69) is 29.5 Å². The molecule has 3 saturated carbocycles. The summed E-state index contributed by atoms with van der Waals surface area (Å²) in [6.45, 7) is 7.20. The average Bonchev–Trinajstić information content (AvgIpc) is 3.52. The Hall–Kier alpha value is -2.41. The third-order valence-corrected chi connectivity index (χ3v) is 9.01. The van der Waals surface area contributed by atoms with Crippen LogP contribution in [0.3, 0.4) is 0 Å². The second-order valence-corrected chi connectivity index (χ2v) is 11.0. The number of fused-ring (bicyclic) bond motifs is 5. The first-order valence-corrected chi connectivity index (χ1v) is 12.2. The van der Waals surface area contributed by atoms with E-state index >= 15 is 0 Å². The summed E-state index contributed by atoms with van der Waals surface area (Å²) in [4.78, 5) is 32.5. The number of amides is 2. The van der Waals surface area contributed by atoms with Gasteiger partial charge in [-0.05, 0) is 61.0 Å². The van der Waals surface area contributed by atoms with Crippen molar-refractivity contribution in [2.75, 3.05) is 19.6 Å². The number of hydrogen-bond acceptors (Lipinski definition) is 4. The molecule has 2 aromatic rings. The van der Waals surface area contributed by atoms with Gasteiger partial charge in [0.15, 0.2) is 0 Å². The Balaban J connectivity index is 1.14. The largest absolute Gasteiger partial charge is 0.350 e. The van der Waals surface area contributed by atoms with E-state index in [1.165, 1.54) is 19.3 Å². The van der Waals surface area contributed by atoms with Crippen molar-refractivity contribution < 1.29 is 9.59 Å². The summed E-state index contributed by atoms with van der Waals surface area (Å²) in [5.74, 6) is 2.23. The summed E-state index contributed by atoms with van der Waals surface area (Å²) < 4.78 is 1.83. The molecule has 7 rings (SSSR count). The molecule has 5 aliphatic rings. The molecule has 0 aromatic carbocycles. The normalized spacial score (nSPS) is 32.2. The van der Waals surface area contributed by atoms with Crippen LogP contribution in [0.25, 0.3) is 5.65 Å². The summed E-state index contributed by atoms with van der Waals surface area (Å²) >= 11 is 0. The highest BCUT2D eigenvalue weighted by molar-refractivity contribution is 5.93. The van der Waals surface area contributed by atoms with Gasteiger partial charge < -0.3 is 15.5 Å². The molecule has 7 nitrogen and oxygen atoms in total. The zero-order valence-electron chi connectivity index (χ0n) is 19.0. The fourth-order valence-electron chi connectivity index (χ4n) is 6.98. The number of rotatable bonds is 5. The van der Waals surface area contributed by atoms with E-state index in [-0.39, 0.29) is 18.2 Å². The second kappa shape index (κ2) is 7.30. The molecule has 0 unspecified atom stereocenters. The summed E-state index contributed by atoms with van der Waals surface area (Å²) in [6, 6.07) is 6.37. The fourth-order valence-corrected chi connectivity index (χ4v) is 6.98. The Bertz CT molecular complexity index is 1070. The molecule has 2 aliphatic heterocycles. The van der Waals surface area contributed by atoms with Gasteiger partial charge in [-0.15, -0.1) is 0 Å². The van der Waals surface area contributed by atoms with Crippen LogP contribution in [0.2, 0.25) is 0 Å². The highest BCUT2D eigenvalue weighted by Crippen LogP contribution is 2.61. The highest BCUT2D eigenvalue weighted by atomic mass is 16.2. The van der Waals surface area contributed by atoms with Gasteiger partial charge >= 0.3 is 0 Å². The van der Waals surface area contributed by atoms with Gasteiger partial charge in [0.2, 0.25) is 5.91 Å². The predicted octanol–water partition coefficient (Wildman–Crippen LogP) is 2.25. The lowest BCUT2D eigenvalue weighted by molar-refractivity contribution is -0.131. The van der Waals surface area contributed by atoms with Crippen LogP contribution in [0, 0.1) is 23.2 Å². The van der Waals surface area contributed by atoms with Crippen molar-refractivity contribution in [2.45, 2.75) is 58.0 Å². The summed E-state index contributed by atoms with van der Waals surface area (Å²) in [6.07, 6.45) is 7.01. The first kappa shape index (κ1) is 20.2. The standard InChI is InChI=1S/C25H33N5O2/c1-25(2)16-7-6-15(20(25)8-16)11-27-24(32)21-4-3-5-22-28-18(14-30(21)22)10-23(31)29-13-17-9-19(29)12-26-17/h3-5,14-17,19-20,26H,6-13H2,1-2H3,(H,27,32)/t15-,16+,17+,19+,20+/m0/s1. The quantitative estimate of drug-likeness (QED) is 0.755. The number of nitrogens with zero attached hydrogens (tertiary/aromatic N) is 3. The third-order valence-electron chi connectivity index (χ3n) is 9.01. The first-order chi connectivity index (χ1) is 15.4. The van der Waals surface area contributed by atoms with Crippen LogP contribution in [-0.4, -0.2) is 57.8 Å². The molecule has 5 atom stereocenters. The average molecular weight is 436 g/mol. The lowest BCUT2D eigenvalue weighted by Gasteiger charge is -2.60. The monoisotopic (exact) mass is 435 g/mol. The van der Waals surface area contributed by atoms with Gasteiger partial charge in [0.05, 0.1) is 12.1 Å². The molecule has 32 heavy (non-hydrogen) atoms. The molecule has 5 fully saturated rings. The summed E-state index contributed by atoms with van der Waals surface area (Å²) in [5, 5.41) is 6.63. The smallest absolute Gasteiger partial charge is 0.268 e. The van der Waals surface area contributed by atoms with Crippen LogP contribution < -0.4 is 10.6 Å². The van der Waals surface area contributed by atoms with Crippen LogP contribution in [0.15, 0.2) is 24.4 Å². The molecule has 2 aromatic heterocycles. The molecule has 2 N–H and O–H groups in total. The molecule has 2 saturated heterocycles. The molecule has 2 amide bonds. The van der Waals surface area contributed by atoms with E-state index in [1.807, 2.05) is 33.7 Å². The van der Waals surface area contributed by atoms with Gasteiger partial charge in [-0.1, -0.05) is 19.9 Å². The van der Waals surface area contributed by atoms with E-state index in [1.54, 1.807) is 0 Å². The minimum atomic E-state index is -0.0620. The van der Waals surface area contributed by atoms with Crippen LogP contribution in [0.4, 0.5) is 0 Å². The zero-order valence-corrected chi connectivity index (χ0v) is 19.0. The second-order valence-electron chi connectivity index (χ2n) is 11.0. The maximum Gasteiger partial charge on any atom is 0.268 e. The van der Waals surface area contributed by atoms with Gasteiger partial charge in [-0.3, -0.25) is 14.0 Å². The lowest BCUT2D eigenvalue weighted by atomic mass is 9.45. The number of nitrogens with one attached hydrogen (secondary N) is 2.